The zero-order valence-corrected chi connectivity index (χ0v) is 13.2. The van der Waals surface area contributed by atoms with Crippen molar-refractivity contribution >= 4 is 11.7 Å². The molecule has 0 aliphatic carbocycles. The smallest absolute Gasteiger partial charge is 0.226 e. The lowest BCUT2D eigenvalue weighted by atomic mass is 9.87. The molecule has 2 aromatic rings. The second kappa shape index (κ2) is 5.83. The molecule has 0 spiro atoms. The van der Waals surface area contributed by atoms with Crippen LogP contribution in [0.4, 0.5) is 5.82 Å². The highest BCUT2D eigenvalue weighted by Gasteiger charge is 2.30. The van der Waals surface area contributed by atoms with Gasteiger partial charge in [0.05, 0.1) is 12.8 Å². The number of nitrogens with one attached hydrogen (secondary N) is 1. The Labute approximate surface area is 130 Å². The summed E-state index contributed by atoms with van der Waals surface area (Å²) in [5.74, 6) is 1.76. The molecule has 1 atom stereocenters. The number of hydrogen-bond donors (Lipinski definition) is 1. The Morgan fingerprint density at radius 2 is 2.09 bits per heavy atom. The Kier molecular flexibility index (Phi) is 3.88. The van der Waals surface area contributed by atoms with E-state index in [0.29, 0.717) is 13.0 Å². The molecule has 0 saturated heterocycles. The highest BCUT2D eigenvalue weighted by atomic mass is 16.5. The highest BCUT2D eigenvalue weighted by Crippen LogP contribution is 2.38. The molecule has 1 aliphatic rings. The molecule has 1 N–H and O–H groups in total. The van der Waals surface area contributed by atoms with Crippen LogP contribution in [0.2, 0.25) is 0 Å². The van der Waals surface area contributed by atoms with Crippen LogP contribution in [-0.4, -0.2) is 22.3 Å². The normalized spacial score (nSPS) is 17.3. The summed E-state index contributed by atoms with van der Waals surface area (Å²) in [6.07, 6.45) is 2.32. The second-order valence-corrected chi connectivity index (χ2v) is 5.79. The summed E-state index contributed by atoms with van der Waals surface area (Å²) in [6.45, 7) is 6.72. The molecule has 116 valence electrons. The van der Waals surface area contributed by atoms with Gasteiger partial charge >= 0.3 is 0 Å². The van der Waals surface area contributed by atoms with Gasteiger partial charge in [0, 0.05) is 23.9 Å². The van der Waals surface area contributed by atoms with E-state index in [1.54, 1.807) is 0 Å². The van der Waals surface area contributed by atoms with E-state index in [2.05, 4.69) is 24.3 Å². The van der Waals surface area contributed by atoms with Crippen molar-refractivity contribution in [1.82, 2.24) is 9.78 Å². The first-order chi connectivity index (χ1) is 10.6. The predicted molar refractivity (Wildman–Crippen MR) is 85.3 cm³/mol. The number of benzene rings is 1. The molecular formula is C17H21N3O2. The van der Waals surface area contributed by atoms with Gasteiger partial charge in [-0.1, -0.05) is 12.1 Å². The number of ether oxygens (including phenoxy) is 1. The maximum absolute atomic E-state index is 12.1. The van der Waals surface area contributed by atoms with Gasteiger partial charge in [0.25, 0.3) is 0 Å². The molecule has 22 heavy (non-hydrogen) atoms. The monoisotopic (exact) mass is 299 g/mol. The number of carbonyl (C=O) groups is 1. The quantitative estimate of drug-likeness (QED) is 0.942. The third-order valence-corrected chi connectivity index (χ3v) is 3.93. The van der Waals surface area contributed by atoms with E-state index in [1.165, 1.54) is 0 Å². The van der Waals surface area contributed by atoms with Gasteiger partial charge in [-0.05, 0) is 38.5 Å². The first-order valence-corrected chi connectivity index (χ1v) is 7.70. The number of amides is 1. The van der Waals surface area contributed by atoms with E-state index < -0.39 is 0 Å². The SMILES string of the molecule is CCOc1ccc(C2CC(=O)Nc3c2cnn3C(C)C)cc1. The van der Waals surface area contributed by atoms with E-state index in [9.17, 15) is 4.79 Å². The van der Waals surface area contributed by atoms with Crippen molar-refractivity contribution in [2.75, 3.05) is 11.9 Å². The van der Waals surface area contributed by atoms with Crippen LogP contribution in [0.3, 0.4) is 0 Å². The largest absolute Gasteiger partial charge is 0.494 e. The third-order valence-electron chi connectivity index (χ3n) is 3.93. The molecule has 5 heteroatoms. The fourth-order valence-electron chi connectivity index (χ4n) is 2.89. The Morgan fingerprint density at radius 1 is 1.36 bits per heavy atom. The fourth-order valence-corrected chi connectivity index (χ4v) is 2.89. The minimum absolute atomic E-state index is 0.0359. The van der Waals surface area contributed by atoms with Crippen molar-refractivity contribution in [2.45, 2.75) is 39.2 Å². The first kappa shape index (κ1) is 14.6. The van der Waals surface area contributed by atoms with Crippen molar-refractivity contribution in [3.05, 3.63) is 41.6 Å². The van der Waals surface area contributed by atoms with Gasteiger partial charge in [0.1, 0.15) is 11.6 Å². The Bertz CT molecular complexity index is 674. The van der Waals surface area contributed by atoms with Crippen LogP contribution >= 0.6 is 0 Å². The Morgan fingerprint density at radius 3 is 2.73 bits per heavy atom. The van der Waals surface area contributed by atoms with Gasteiger partial charge in [0.15, 0.2) is 0 Å². The first-order valence-electron chi connectivity index (χ1n) is 7.70. The average Bonchev–Trinajstić information content (AvgIpc) is 2.91. The number of fused-ring (bicyclic) bond motifs is 1. The molecule has 0 bridgehead atoms. The lowest BCUT2D eigenvalue weighted by molar-refractivity contribution is -0.116. The van der Waals surface area contributed by atoms with Crippen LogP contribution in [0.15, 0.2) is 30.5 Å². The van der Waals surface area contributed by atoms with Crippen molar-refractivity contribution in [2.24, 2.45) is 0 Å². The van der Waals surface area contributed by atoms with E-state index in [4.69, 9.17) is 4.74 Å². The molecule has 5 nitrogen and oxygen atoms in total. The van der Waals surface area contributed by atoms with E-state index in [0.717, 1.165) is 22.7 Å². The molecule has 3 rings (SSSR count). The Hall–Kier alpha value is -2.30. The number of hydrogen-bond acceptors (Lipinski definition) is 3. The molecule has 1 unspecified atom stereocenters. The summed E-state index contributed by atoms with van der Waals surface area (Å²) in [4.78, 5) is 12.1. The highest BCUT2D eigenvalue weighted by molar-refractivity contribution is 5.94. The lowest BCUT2D eigenvalue weighted by Crippen LogP contribution is -2.25. The van der Waals surface area contributed by atoms with Gasteiger partial charge in [0.2, 0.25) is 5.91 Å². The second-order valence-electron chi connectivity index (χ2n) is 5.79. The zero-order valence-electron chi connectivity index (χ0n) is 13.2. The van der Waals surface area contributed by atoms with Gasteiger partial charge < -0.3 is 10.1 Å². The van der Waals surface area contributed by atoms with E-state index in [-0.39, 0.29) is 17.9 Å². The summed E-state index contributed by atoms with van der Waals surface area (Å²) in [5.41, 5.74) is 2.19. The zero-order chi connectivity index (χ0) is 15.7. The molecule has 1 aromatic heterocycles. The summed E-state index contributed by atoms with van der Waals surface area (Å²) in [6, 6.07) is 8.19. The van der Waals surface area contributed by atoms with Gasteiger partial charge in [-0.3, -0.25) is 4.79 Å². The summed E-state index contributed by atoms with van der Waals surface area (Å²) in [7, 11) is 0. The minimum Gasteiger partial charge on any atom is -0.494 e. The summed E-state index contributed by atoms with van der Waals surface area (Å²) < 4.78 is 7.35. The van der Waals surface area contributed by atoms with Crippen LogP contribution < -0.4 is 10.1 Å². The van der Waals surface area contributed by atoms with Gasteiger partial charge in [-0.15, -0.1) is 0 Å². The molecule has 1 amide bonds. The number of carbonyl (C=O) groups excluding carboxylic acids is 1. The van der Waals surface area contributed by atoms with Crippen LogP contribution in [0, 0.1) is 0 Å². The van der Waals surface area contributed by atoms with E-state index >= 15 is 0 Å². The number of nitrogens with zero attached hydrogens (tertiary/aromatic N) is 2. The van der Waals surface area contributed by atoms with E-state index in [1.807, 2.05) is 42.1 Å². The third kappa shape index (κ3) is 2.58. The topological polar surface area (TPSA) is 56.1 Å². The predicted octanol–water partition coefficient (Wildman–Crippen LogP) is 3.34. The van der Waals surface area contributed by atoms with Crippen LogP contribution in [-0.2, 0) is 4.79 Å². The standard InChI is InChI=1S/C17H21N3O2/c1-4-22-13-7-5-12(6-8-13)14-9-16(21)19-17-15(14)10-18-20(17)11(2)3/h5-8,10-11,14H,4,9H2,1-3H3,(H,19,21). The summed E-state index contributed by atoms with van der Waals surface area (Å²) >= 11 is 0. The maximum Gasteiger partial charge on any atom is 0.226 e. The number of anilines is 1. The molecule has 0 saturated carbocycles. The molecule has 0 radical (unpaired) electrons. The van der Waals surface area contributed by atoms with Crippen molar-refractivity contribution in [1.29, 1.82) is 0 Å². The fraction of sp³-hybridized carbons (Fsp3) is 0.412. The van der Waals surface area contributed by atoms with Crippen molar-refractivity contribution < 1.29 is 9.53 Å². The molecule has 1 aromatic carbocycles. The molecule has 0 fully saturated rings. The summed E-state index contributed by atoms with van der Waals surface area (Å²) in [5, 5.41) is 7.39. The Balaban J connectivity index is 1.96. The minimum atomic E-state index is 0.0359. The average molecular weight is 299 g/mol. The number of aromatic nitrogens is 2. The van der Waals surface area contributed by atoms with Crippen molar-refractivity contribution in [3.63, 3.8) is 0 Å². The number of rotatable bonds is 4. The molecule has 1 aliphatic heterocycles. The van der Waals surface area contributed by atoms with Crippen LogP contribution in [0.1, 0.15) is 50.3 Å². The van der Waals surface area contributed by atoms with Gasteiger partial charge in [-0.2, -0.15) is 5.10 Å². The van der Waals surface area contributed by atoms with Crippen molar-refractivity contribution in [3.8, 4) is 5.75 Å². The lowest BCUT2D eigenvalue weighted by Gasteiger charge is -2.24. The van der Waals surface area contributed by atoms with Crippen LogP contribution in [0.25, 0.3) is 0 Å². The molecule has 2 heterocycles. The van der Waals surface area contributed by atoms with Gasteiger partial charge in [-0.25, -0.2) is 4.68 Å². The van der Waals surface area contributed by atoms with Crippen LogP contribution in [0.5, 0.6) is 5.75 Å². The molecular weight excluding hydrogens is 278 g/mol. The maximum atomic E-state index is 12.1.